The zero-order valence-corrected chi connectivity index (χ0v) is 27.8. The smallest absolute Gasteiger partial charge is 0.247 e. The first kappa shape index (κ1) is 33.0. The number of hydrogen-bond donors (Lipinski definition) is 2. The summed E-state index contributed by atoms with van der Waals surface area (Å²) in [4.78, 5) is 34.7. The lowest BCUT2D eigenvalue weighted by molar-refractivity contribution is -0.111. The number of piperazine rings is 1. The Morgan fingerprint density at radius 2 is 1.91 bits per heavy atom. The van der Waals surface area contributed by atoms with E-state index in [9.17, 15) is 9.18 Å². The Bertz CT molecular complexity index is 1600. The van der Waals surface area contributed by atoms with E-state index < -0.39 is 5.82 Å². The van der Waals surface area contributed by atoms with E-state index in [1.54, 1.807) is 30.4 Å². The van der Waals surface area contributed by atoms with E-state index in [2.05, 4.69) is 55.9 Å². The number of likely N-dealkylation sites (N-methyl/N-ethyl adjacent to an activating group) is 1. The van der Waals surface area contributed by atoms with Gasteiger partial charge in [-0.05, 0) is 56.7 Å². The summed E-state index contributed by atoms with van der Waals surface area (Å²) in [7, 11) is 3.82. The number of hydrogen-bond acceptors (Lipinski definition) is 10. The second kappa shape index (κ2) is 14.4. The topological polar surface area (TPSA) is 98.3 Å². The molecule has 3 fully saturated rings. The van der Waals surface area contributed by atoms with Crippen molar-refractivity contribution in [3.63, 3.8) is 0 Å². The first-order valence-corrected chi connectivity index (χ1v) is 16.4. The van der Waals surface area contributed by atoms with E-state index in [-0.39, 0.29) is 17.0 Å². The summed E-state index contributed by atoms with van der Waals surface area (Å²) >= 11 is 6.07. The molecule has 0 saturated carbocycles. The van der Waals surface area contributed by atoms with Gasteiger partial charge in [0.15, 0.2) is 5.82 Å². The SMILES string of the molecule is C=CC(=O)Nc1cc(Nc2cc(N3OCCC3c3ccc(F)c(Cl)c3)ncn2)c(OC)cc1N1CCC(N2CCN(C)C(C)C2)CC1. The number of benzene rings is 2. The molecule has 4 heterocycles. The predicted octanol–water partition coefficient (Wildman–Crippen LogP) is 5.63. The van der Waals surface area contributed by atoms with Gasteiger partial charge in [-0.2, -0.15) is 0 Å². The number of rotatable bonds is 9. The maximum absolute atomic E-state index is 13.8. The molecule has 3 saturated heterocycles. The van der Waals surface area contributed by atoms with Crippen LogP contribution in [0, 0.1) is 5.82 Å². The number of ether oxygens (including phenoxy) is 1. The van der Waals surface area contributed by atoms with E-state index in [1.807, 2.05) is 12.1 Å². The van der Waals surface area contributed by atoms with Crippen molar-refractivity contribution in [1.82, 2.24) is 19.8 Å². The van der Waals surface area contributed by atoms with Gasteiger partial charge in [-0.3, -0.25) is 14.5 Å². The van der Waals surface area contributed by atoms with Crippen molar-refractivity contribution in [2.75, 3.05) is 74.1 Å². The summed E-state index contributed by atoms with van der Waals surface area (Å²) in [6.45, 7) is 11.4. The molecule has 0 bridgehead atoms. The van der Waals surface area contributed by atoms with Crippen molar-refractivity contribution in [3.05, 3.63) is 71.8 Å². The van der Waals surface area contributed by atoms with E-state index in [0.717, 1.165) is 56.8 Å². The molecule has 2 atom stereocenters. The summed E-state index contributed by atoms with van der Waals surface area (Å²) in [5.74, 6) is 0.853. The lowest BCUT2D eigenvalue weighted by Crippen LogP contribution is -2.55. The monoisotopic (exact) mass is 664 g/mol. The van der Waals surface area contributed by atoms with Crippen LogP contribution in [-0.4, -0.2) is 91.2 Å². The molecule has 47 heavy (non-hydrogen) atoms. The molecule has 3 aromatic rings. The second-order valence-corrected chi connectivity index (χ2v) is 12.7. The number of carbonyl (C=O) groups excluding carboxylic acids is 1. The van der Waals surface area contributed by atoms with Crippen LogP contribution >= 0.6 is 11.6 Å². The van der Waals surface area contributed by atoms with Crippen LogP contribution in [0.4, 0.5) is 33.1 Å². The van der Waals surface area contributed by atoms with Gasteiger partial charge in [0.05, 0.1) is 41.8 Å². The number of methoxy groups -OCH3 is 1. The van der Waals surface area contributed by atoms with Crippen LogP contribution in [0.1, 0.15) is 37.8 Å². The fourth-order valence-corrected chi connectivity index (χ4v) is 6.84. The average molecular weight is 665 g/mol. The number of aromatic nitrogens is 2. The minimum absolute atomic E-state index is 0.0586. The van der Waals surface area contributed by atoms with Crippen LogP contribution in [0.15, 0.2) is 55.4 Å². The van der Waals surface area contributed by atoms with Crippen LogP contribution in [0.25, 0.3) is 0 Å². The van der Waals surface area contributed by atoms with E-state index in [0.29, 0.717) is 53.9 Å². The first-order chi connectivity index (χ1) is 22.7. The number of anilines is 5. The molecule has 0 spiro atoms. The highest BCUT2D eigenvalue weighted by Gasteiger charge is 2.32. The Labute approximate surface area is 280 Å². The Morgan fingerprint density at radius 1 is 1.11 bits per heavy atom. The molecule has 250 valence electrons. The van der Waals surface area contributed by atoms with Crippen LogP contribution in [0.5, 0.6) is 5.75 Å². The minimum Gasteiger partial charge on any atom is -0.494 e. The Kier molecular flexibility index (Phi) is 10.1. The summed E-state index contributed by atoms with van der Waals surface area (Å²) in [6.07, 6.45) is 5.48. The highest BCUT2D eigenvalue weighted by atomic mass is 35.5. The zero-order chi connectivity index (χ0) is 33.1. The van der Waals surface area contributed by atoms with Gasteiger partial charge in [0.1, 0.15) is 23.7 Å². The Balaban J connectivity index is 1.22. The van der Waals surface area contributed by atoms with Crippen molar-refractivity contribution < 1.29 is 18.8 Å². The van der Waals surface area contributed by atoms with Crippen molar-refractivity contribution in [2.24, 2.45) is 0 Å². The van der Waals surface area contributed by atoms with E-state index >= 15 is 0 Å². The van der Waals surface area contributed by atoms with Gasteiger partial charge in [-0.15, -0.1) is 0 Å². The molecule has 0 aliphatic carbocycles. The Hall–Kier alpha value is -3.97. The molecule has 2 unspecified atom stereocenters. The number of nitrogens with one attached hydrogen (secondary N) is 2. The predicted molar refractivity (Wildman–Crippen MR) is 183 cm³/mol. The fraction of sp³-hybridized carbons (Fsp3) is 0.441. The number of piperidine rings is 1. The molecular formula is C34H42ClFN8O3. The third-order valence-electron chi connectivity index (χ3n) is 9.45. The van der Waals surface area contributed by atoms with Crippen LogP contribution in [0.2, 0.25) is 5.02 Å². The third kappa shape index (κ3) is 7.30. The van der Waals surface area contributed by atoms with E-state index in [4.69, 9.17) is 21.2 Å². The largest absolute Gasteiger partial charge is 0.494 e. The highest BCUT2D eigenvalue weighted by molar-refractivity contribution is 6.30. The molecule has 2 aromatic carbocycles. The van der Waals surface area contributed by atoms with Gasteiger partial charge < -0.3 is 25.2 Å². The number of nitrogens with zero attached hydrogens (tertiary/aromatic N) is 6. The molecule has 6 rings (SSSR count). The number of halogens is 2. The maximum atomic E-state index is 13.8. The molecule has 2 N–H and O–H groups in total. The van der Waals surface area contributed by atoms with Gasteiger partial charge >= 0.3 is 0 Å². The Morgan fingerprint density at radius 3 is 2.64 bits per heavy atom. The van der Waals surface area contributed by atoms with Gasteiger partial charge in [-0.1, -0.05) is 24.2 Å². The van der Waals surface area contributed by atoms with Crippen LogP contribution in [-0.2, 0) is 9.63 Å². The average Bonchev–Trinajstić information content (AvgIpc) is 3.58. The zero-order valence-electron chi connectivity index (χ0n) is 27.1. The molecule has 1 amide bonds. The quantitative estimate of drug-likeness (QED) is 0.280. The molecule has 1 aromatic heterocycles. The first-order valence-electron chi connectivity index (χ1n) is 16.0. The molecule has 11 nitrogen and oxygen atoms in total. The molecule has 0 radical (unpaired) electrons. The summed E-state index contributed by atoms with van der Waals surface area (Å²) in [6, 6.07) is 11.2. The van der Waals surface area contributed by atoms with Gasteiger partial charge in [0, 0.05) is 63.4 Å². The van der Waals surface area contributed by atoms with E-state index in [1.165, 1.54) is 18.5 Å². The van der Waals surface area contributed by atoms with Gasteiger partial charge in [-0.25, -0.2) is 19.4 Å². The summed E-state index contributed by atoms with van der Waals surface area (Å²) in [5, 5.41) is 8.09. The normalized spacial score (nSPS) is 21.1. The standard InChI is InChI=1S/C34H42ClFN8O3/c1-5-34(45)40-27-17-28(31(46-4)18-30(27)42-11-8-24(9-12-42)43-14-13-41(3)22(2)20-43)39-32-19-33(38-21-37-32)44-29(10-15-47-44)23-6-7-26(36)25(35)16-23/h5-7,16-19,21-22,24,29H,1,8-15,20H2,2-4H3,(H,40,45)(H,37,38,39). The number of amides is 1. The minimum atomic E-state index is -0.470. The fourth-order valence-electron chi connectivity index (χ4n) is 6.65. The lowest BCUT2D eigenvalue weighted by atomic mass is 10.00. The maximum Gasteiger partial charge on any atom is 0.247 e. The molecular weight excluding hydrogens is 623 g/mol. The van der Waals surface area contributed by atoms with Crippen molar-refractivity contribution in [3.8, 4) is 5.75 Å². The van der Waals surface area contributed by atoms with Crippen molar-refractivity contribution in [1.29, 1.82) is 0 Å². The summed E-state index contributed by atoms with van der Waals surface area (Å²) in [5.41, 5.74) is 2.98. The van der Waals surface area contributed by atoms with Crippen LogP contribution < -0.4 is 25.3 Å². The summed E-state index contributed by atoms with van der Waals surface area (Å²) < 4.78 is 19.7. The third-order valence-corrected chi connectivity index (χ3v) is 9.74. The molecule has 3 aliphatic rings. The second-order valence-electron chi connectivity index (χ2n) is 12.3. The number of carbonyl (C=O) groups is 1. The number of hydroxylamine groups is 1. The van der Waals surface area contributed by atoms with Crippen molar-refractivity contribution in [2.45, 2.75) is 44.3 Å². The van der Waals surface area contributed by atoms with Gasteiger partial charge in [0.2, 0.25) is 5.91 Å². The molecule has 13 heteroatoms. The van der Waals surface area contributed by atoms with Crippen LogP contribution in [0.3, 0.4) is 0 Å². The van der Waals surface area contributed by atoms with Crippen molar-refractivity contribution >= 4 is 46.2 Å². The lowest BCUT2D eigenvalue weighted by Gasteiger charge is -2.45. The van der Waals surface area contributed by atoms with Gasteiger partial charge in [0.25, 0.3) is 0 Å². The molecule has 3 aliphatic heterocycles. The highest BCUT2D eigenvalue weighted by Crippen LogP contribution is 2.41.